The third-order valence-electron chi connectivity index (χ3n) is 3.23. The Kier molecular flexibility index (Phi) is 4.02. The van der Waals surface area contributed by atoms with E-state index in [-0.39, 0.29) is 5.97 Å². The summed E-state index contributed by atoms with van der Waals surface area (Å²) >= 11 is 3.48. The Bertz CT molecular complexity index is 730. The minimum absolute atomic E-state index is 0.267. The zero-order chi connectivity index (χ0) is 14.7. The van der Waals surface area contributed by atoms with Gasteiger partial charge in [0.2, 0.25) is 0 Å². The number of benzene rings is 2. The van der Waals surface area contributed by atoms with Crippen LogP contribution in [0.4, 0.5) is 0 Å². The lowest BCUT2D eigenvalue weighted by atomic mass is 10.1. The monoisotopic (exact) mass is 340 g/mol. The third kappa shape index (κ3) is 3.31. The van der Waals surface area contributed by atoms with E-state index in [9.17, 15) is 4.79 Å². The van der Waals surface area contributed by atoms with Crippen LogP contribution in [0.1, 0.15) is 11.1 Å². The first kappa shape index (κ1) is 13.8. The summed E-state index contributed by atoms with van der Waals surface area (Å²) in [7, 11) is 0. The molecule has 0 aromatic heterocycles. The molecule has 1 heterocycles. The number of esters is 1. The molecule has 0 N–H and O–H groups in total. The summed E-state index contributed by atoms with van der Waals surface area (Å²) in [6.45, 7) is 0. The second-order valence-electron chi connectivity index (χ2n) is 4.79. The van der Waals surface area contributed by atoms with Crippen molar-refractivity contribution in [1.82, 2.24) is 0 Å². The normalized spacial score (nSPS) is 16.0. The number of hydrogen-bond acceptors (Lipinski definition) is 2. The average molecular weight is 341 g/mol. The molecular weight excluding hydrogens is 328 g/mol. The molecule has 3 heteroatoms. The van der Waals surface area contributed by atoms with E-state index in [0.29, 0.717) is 17.8 Å². The number of carbonyl (C=O) groups is 1. The van der Waals surface area contributed by atoms with Gasteiger partial charge in [0, 0.05) is 16.5 Å². The van der Waals surface area contributed by atoms with Gasteiger partial charge in [0.15, 0.2) is 0 Å². The van der Waals surface area contributed by atoms with Gasteiger partial charge >= 0.3 is 5.97 Å². The van der Waals surface area contributed by atoms with Crippen LogP contribution in [0.3, 0.4) is 0 Å². The Morgan fingerprint density at radius 2 is 1.71 bits per heavy atom. The predicted octanol–water partition coefficient (Wildman–Crippen LogP) is 4.52. The molecule has 2 aromatic carbocycles. The molecule has 0 atom stereocenters. The summed E-state index contributed by atoms with van der Waals surface area (Å²) in [6.07, 6.45) is 4.27. The highest BCUT2D eigenvalue weighted by Crippen LogP contribution is 2.25. The second kappa shape index (κ2) is 6.10. The van der Waals surface area contributed by atoms with E-state index in [1.807, 2.05) is 66.7 Å². The van der Waals surface area contributed by atoms with Crippen LogP contribution in [-0.2, 0) is 16.0 Å². The Balaban J connectivity index is 1.84. The van der Waals surface area contributed by atoms with Crippen molar-refractivity contribution in [2.75, 3.05) is 0 Å². The zero-order valence-electron chi connectivity index (χ0n) is 11.3. The lowest BCUT2D eigenvalue weighted by molar-refractivity contribution is -0.133. The van der Waals surface area contributed by atoms with Crippen molar-refractivity contribution in [3.05, 3.63) is 87.6 Å². The molecule has 0 bridgehead atoms. The van der Waals surface area contributed by atoms with E-state index in [1.54, 1.807) is 0 Å². The van der Waals surface area contributed by atoms with E-state index in [4.69, 9.17) is 4.74 Å². The van der Waals surface area contributed by atoms with Crippen LogP contribution in [0, 0.1) is 0 Å². The summed E-state index contributed by atoms with van der Waals surface area (Å²) in [5.74, 6) is 0.315. The molecule has 3 rings (SSSR count). The largest absolute Gasteiger partial charge is 0.423 e. The molecule has 104 valence electrons. The first-order chi connectivity index (χ1) is 10.2. The molecule has 1 aliphatic rings. The van der Waals surface area contributed by atoms with Crippen LogP contribution >= 0.6 is 15.9 Å². The van der Waals surface area contributed by atoms with Crippen LogP contribution in [0.15, 0.2) is 76.5 Å². The molecule has 0 amide bonds. The number of allylic oxidation sites excluding steroid dienone is 1. The number of hydrogen-bond donors (Lipinski definition) is 0. The maximum Gasteiger partial charge on any atom is 0.339 e. The summed E-state index contributed by atoms with van der Waals surface area (Å²) in [6, 6.07) is 17.7. The average Bonchev–Trinajstić information content (AvgIpc) is 2.82. The highest BCUT2D eigenvalue weighted by atomic mass is 79.9. The maximum atomic E-state index is 11.9. The highest BCUT2D eigenvalue weighted by molar-refractivity contribution is 9.10. The molecule has 1 aliphatic heterocycles. The number of cyclic esters (lactones) is 1. The smallest absolute Gasteiger partial charge is 0.339 e. The Hall–Kier alpha value is -2.13. The van der Waals surface area contributed by atoms with Gasteiger partial charge < -0.3 is 4.74 Å². The van der Waals surface area contributed by atoms with Crippen molar-refractivity contribution < 1.29 is 9.53 Å². The molecule has 2 aromatic rings. The summed E-state index contributed by atoms with van der Waals surface area (Å²) < 4.78 is 6.28. The lowest BCUT2D eigenvalue weighted by Gasteiger charge is -2.00. The van der Waals surface area contributed by atoms with Crippen LogP contribution < -0.4 is 0 Å². The number of carbonyl (C=O) groups excluding carboxylic acids is 1. The molecule has 0 saturated carbocycles. The van der Waals surface area contributed by atoms with Gasteiger partial charge in [-0.25, -0.2) is 4.79 Å². The van der Waals surface area contributed by atoms with Gasteiger partial charge in [0.05, 0.1) is 0 Å². The van der Waals surface area contributed by atoms with Gasteiger partial charge in [-0.15, -0.1) is 0 Å². The fourth-order valence-electron chi connectivity index (χ4n) is 2.19. The fourth-order valence-corrected chi connectivity index (χ4v) is 2.59. The summed E-state index contributed by atoms with van der Waals surface area (Å²) in [5.41, 5.74) is 2.76. The van der Waals surface area contributed by atoms with Crippen molar-refractivity contribution in [3.63, 3.8) is 0 Å². The zero-order valence-corrected chi connectivity index (χ0v) is 12.8. The molecule has 21 heavy (non-hydrogen) atoms. The summed E-state index contributed by atoms with van der Waals surface area (Å²) in [4.78, 5) is 11.9. The first-order valence-electron chi connectivity index (χ1n) is 6.65. The van der Waals surface area contributed by atoms with E-state index >= 15 is 0 Å². The first-order valence-corrected chi connectivity index (χ1v) is 7.44. The molecule has 0 fully saturated rings. The highest BCUT2D eigenvalue weighted by Gasteiger charge is 2.21. The van der Waals surface area contributed by atoms with E-state index in [1.165, 1.54) is 0 Å². The van der Waals surface area contributed by atoms with Crippen LogP contribution in [0.25, 0.3) is 6.08 Å². The van der Waals surface area contributed by atoms with Gasteiger partial charge in [-0.3, -0.25) is 0 Å². The third-order valence-corrected chi connectivity index (χ3v) is 3.95. The molecule has 0 radical (unpaired) electrons. The molecule has 0 saturated heterocycles. The van der Waals surface area contributed by atoms with E-state index < -0.39 is 0 Å². The summed E-state index contributed by atoms with van der Waals surface area (Å²) in [5, 5.41) is 0. The predicted molar refractivity (Wildman–Crippen MR) is 86.4 cm³/mol. The minimum atomic E-state index is -0.267. The van der Waals surface area contributed by atoms with E-state index in [2.05, 4.69) is 15.9 Å². The van der Waals surface area contributed by atoms with Crippen molar-refractivity contribution >= 4 is 28.0 Å². The Morgan fingerprint density at radius 3 is 2.48 bits per heavy atom. The quantitative estimate of drug-likeness (QED) is 0.768. The van der Waals surface area contributed by atoms with Gasteiger partial charge in [-0.2, -0.15) is 0 Å². The van der Waals surface area contributed by atoms with Gasteiger partial charge in [0.25, 0.3) is 0 Å². The Labute approximate surface area is 131 Å². The topological polar surface area (TPSA) is 26.3 Å². The minimum Gasteiger partial charge on any atom is -0.423 e. The van der Waals surface area contributed by atoms with Gasteiger partial charge in [-0.1, -0.05) is 64.5 Å². The molecule has 0 aliphatic carbocycles. The van der Waals surface area contributed by atoms with Gasteiger partial charge in [0.1, 0.15) is 5.76 Å². The van der Waals surface area contributed by atoms with Crippen LogP contribution in [0.2, 0.25) is 0 Å². The van der Waals surface area contributed by atoms with Crippen molar-refractivity contribution in [3.8, 4) is 0 Å². The molecule has 0 spiro atoms. The number of halogens is 1. The lowest BCUT2D eigenvalue weighted by Crippen LogP contribution is -2.01. The fraction of sp³-hybridized carbons (Fsp3) is 0.0556. The van der Waals surface area contributed by atoms with E-state index in [0.717, 1.165) is 15.6 Å². The van der Waals surface area contributed by atoms with Crippen molar-refractivity contribution in [2.45, 2.75) is 6.42 Å². The maximum absolute atomic E-state index is 11.9. The standard InChI is InChI=1S/C18H13BrO2/c19-17-9-5-4-8-14(17)11-16-12-15(18(20)21-16)10-13-6-2-1-3-7-13/h1-9,11-12H,10H2/b16-11-. The molecular formula is C18H13BrO2. The number of ether oxygens (including phenoxy) is 1. The molecule has 0 unspecified atom stereocenters. The van der Waals surface area contributed by atoms with Crippen LogP contribution in [-0.4, -0.2) is 5.97 Å². The number of rotatable bonds is 3. The van der Waals surface area contributed by atoms with Crippen molar-refractivity contribution in [2.24, 2.45) is 0 Å². The molecule has 2 nitrogen and oxygen atoms in total. The second-order valence-corrected chi connectivity index (χ2v) is 5.64. The van der Waals surface area contributed by atoms with Crippen molar-refractivity contribution in [1.29, 1.82) is 0 Å². The SMILES string of the molecule is O=C1O/C(=C\c2ccccc2Br)C=C1Cc1ccccc1. The van der Waals surface area contributed by atoms with Gasteiger partial charge in [-0.05, 0) is 29.3 Å². The Morgan fingerprint density at radius 1 is 1.00 bits per heavy atom. The van der Waals surface area contributed by atoms with Crippen LogP contribution in [0.5, 0.6) is 0 Å².